The van der Waals surface area contributed by atoms with Crippen molar-refractivity contribution in [1.82, 2.24) is 4.98 Å². The Kier molecular flexibility index (Phi) is 6.00. The molecule has 2 rings (SSSR count). The van der Waals surface area contributed by atoms with E-state index in [0.717, 1.165) is 0 Å². The molecule has 5 nitrogen and oxygen atoms in total. The van der Waals surface area contributed by atoms with Gasteiger partial charge in [0.25, 0.3) is 5.91 Å². The van der Waals surface area contributed by atoms with E-state index >= 15 is 0 Å². The lowest BCUT2D eigenvalue weighted by Gasteiger charge is -2.14. The first kappa shape index (κ1) is 16.5. The zero-order chi connectivity index (χ0) is 15.9. The Morgan fingerprint density at radius 2 is 2.05 bits per heavy atom. The number of hydrogen-bond donors (Lipinski definition) is 1. The van der Waals surface area contributed by atoms with Crippen molar-refractivity contribution < 1.29 is 14.3 Å². The number of carbonyl (C=O) groups excluding carboxylic acids is 1. The molecule has 0 aliphatic carbocycles. The van der Waals surface area contributed by atoms with E-state index in [1.807, 2.05) is 0 Å². The van der Waals surface area contributed by atoms with Crippen molar-refractivity contribution in [2.45, 2.75) is 0 Å². The Morgan fingerprint density at radius 3 is 2.77 bits per heavy atom. The van der Waals surface area contributed by atoms with Gasteiger partial charge in [0.15, 0.2) is 5.75 Å². The number of methoxy groups -OCH3 is 1. The number of nitrogens with zero attached hydrogens (tertiary/aromatic N) is 1. The Hall–Kier alpha value is -1.82. The van der Waals surface area contributed by atoms with Crippen LogP contribution in [0.5, 0.6) is 5.75 Å². The minimum absolute atomic E-state index is 0.129. The predicted molar refractivity (Wildman–Crippen MR) is 86.0 cm³/mol. The summed E-state index contributed by atoms with van der Waals surface area (Å²) in [7, 11) is 1.57. The zero-order valence-electron chi connectivity index (χ0n) is 11.8. The third kappa shape index (κ3) is 4.10. The molecule has 0 bridgehead atoms. The molecule has 0 fully saturated rings. The first-order valence-corrected chi connectivity index (χ1v) is 7.21. The molecule has 7 heteroatoms. The number of hydrogen-bond acceptors (Lipinski definition) is 4. The molecule has 1 aromatic heterocycles. The summed E-state index contributed by atoms with van der Waals surface area (Å²) in [6.07, 6.45) is 1.51. The molecule has 0 aliphatic heterocycles. The van der Waals surface area contributed by atoms with Crippen molar-refractivity contribution in [3.63, 3.8) is 0 Å². The van der Waals surface area contributed by atoms with Crippen LogP contribution in [0.15, 0.2) is 36.5 Å². The second-order valence-electron chi connectivity index (χ2n) is 4.25. The molecule has 0 aliphatic rings. The third-order valence-electron chi connectivity index (χ3n) is 2.75. The molecule has 1 amide bonds. The van der Waals surface area contributed by atoms with E-state index in [1.165, 1.54) is 6.20 Å². The molecule has 0 saturated carbocycles. The van der Waals surface area contributed by atoms with Crippen LogP contribution in [-0.4, -0.2) is 31.2 Å². The van der Waals surface area contributed by atoms with Crippen molar-refractivity contribution in [1.29, 1.82) is 0 Å². The lowest BCUT2D eigenvalue weighted by atomic mass is 10.2. The summed E-state index contributed by atoms with van der Waals surface area (Å²) >= 11 is 12.0. The van der Waals surface area contributed by atoms with E-state index in [4.69, 9.17) is 32.7 Å². The summed E-state index contributed by atoms with van der Waals surface area (Å²) in [5.41, 5.74) is 0.723. The fourth-order valence-corrected chi connectivity index (χ4v) is 2.16. The molecule has 1 heterocycles. The van der Waals surface area contributed by atoms with Crippen LogP contribution in [-0.2, 0) is 4.74 Å². The number of halogens is 2. The molecule has 0 spiro atoms. The number of rotatable bonds is 6. The summed E-state index contributed by atoms with van der Waals surface area (Å²) in [5.74, 6) is -0.00784. The molecular weight excluding hydrogens is 327 g/mol. The average molecular weight is 341 g/mol. The van der Waals surface area contributed by atoms with Crippen molar-refractivity contribution in [2.24, 2.45) is 0 Å². The second kappa shape index (κ2) is 7.98. The maximum Gasteiger partial charge on any atom is 0.258 e. The number of nitrogens with one attached hydrogen (secondary N) is 1. The summed E-state index contributed by atoms with van der Waals surface area (Å²) in [4.78, 5) is 16.1. The van der Waals surface area contributed by atoms with Crippen molar-refractivity contribution in [3.8, 4) is 5.75 Å². The lowest BCUT2D eigenvalue weighted by Crippen LogP contribution is -2.14. The van der Waals surface area contributed by atoms with E-state index in [2.05, 4.69) is 10.3 Å². The molecule has 22 heavy (non-hydrogen) atoms. The minimum atomic E-state index is -0.392. The Labute approximate surface area is 138 Å². The minimum Gasteiger partial charge on any atom is -0.487 e. The van der Waals surface area contributed by atoms with E-state index in [0.29, 0.717) is 29.7 Å². The van der Waals surface area contributed by atoms with Gasteiger partial charge in [0, 0.05) is 13.3 Å². The van der Waals surface area contributed by atoms with Gasteiger partial charge >= 0.3 is 0 Å². The fraction of sp³-hybridized carbons (Fsp3) is 0.200. The van der Waals surface area contributed by atoms with Crippen molar-refractivity contribution in [3.05, 3.63) is 52.3 Å². The quantitative estimate of drug-likeness (QED) is 0.643. The van der Waals surface area contributed by atoms with Gasteiger partial charge in [0.05, 0.1) is 22.9 Å². The number of anilines is 1. The molecule has 2 aromatic rings. The van der Waals surface area contributed by atoms with Gasteiger partial charge in [-0.05, 0) is 24.3 Å². The zero-order valence-corrected chi connectivity index (χ0v) is 13.3. The van der Waals surface area contributed by atoms with Gasteiger partial charge in [0.2, 0.25) is 0 Å². The molecule has 1 N–H and O–H groups in total. The maximum absolute atomic E-state index is 12.3. The number of carbonyl (C=O) groups is 1. The Bertz CT molecular complexity index is 665. The lowest BCUT2D eigenvalue weighted by molar-refractivity contribution is 0.102. The molecule has 1 aromatic carbocycles. The number of pyridine rings is 1. The monoisotopic (exact) mass is 340 g/mol. The molecule has 0 atom stereocenters. The number of aromatic nitrogens is 1. The predicted octanol–water partition coefficient (Wildman–Crippen LogP) is 3.67. The first-order chi connectivity index (χ1) is 10.6. The standard InChI is InChI=1S/C15H14Cl2N2O3/c1-21-8-9-22-13-11(16)5-2-6-12(13)19-15(20)10-4-3-7-18-14(10)17/h2-7H,8-9H2,1H3,(H,19,20). The van der Waals surface area contributed by atoms with Crippen LogP contribution < -0.4 is 10.1 Å². The van der Waals surface area contributed by atoms with E-state index in [1.54, 1.807) is 37.4 Å². The van der Waals surface area contributed by atoms with Crippen LogP contribution in [0, 0.1) is 0 Å². The topological polar surface area (TPSA) is 60.5 Å². The normalized spacial score (nSPS) is 10.3. The first-order valence-electron chi connectivity index (χ1n) is 6.45. The summed E-state index contributed by atoms with van der Waals surface area (Å²) in [6.45, 7) is 0.726. The second-order valence-corrected chi connectivity index (χ2v) is 5.02. The molecule has 116 valence electrons. The van der Waals surface area contributed by atoms with Crippen LogP contribution >= 0.6 is 23.2 Å². The fourth-order valence-electron chi connectivity index (χ4n) is 1.73. The van der Waals surface area contributed by atoms with E-state index < -0.39 is 5.91 Å². The molecule has 0 unspecified atom stereocenters. The summed E-state index contributed by atoms with van der Waals surface area (Å²) in [5, 5.41) is 3.24. The van der Waals surface area contributed by atoms with Gasteiger partial charge in [-0.1, -0.05) is 29.3 Å². The summed E-state index contributed by atoms with van der Waals surface area (Å²) < 4.78 is 10.5. The maximum atomic E-state index is 12.3. The number of benzene rings is 1. The van der Waals surface area contributed by atoms with Gasteiger partial charge in [-0.15, -0.1) is 0 Å². The largest absolute Gasteiger partial charge is 0.487 e. The number of amides is 1. The SMILES string of the molecule is COCCOc1c(Cl)cccc1NC(=O)c1cccnc1Cl. The average Bonchev–Trinajstić information content (AvgIpc) is 2.50. The highest BCUT2D eigenvalue weighted by molar-refractivity contribution is 6.34. The third-order valence-corrected chi connectivity index (χ3v) is 3.35. The van der Waals surface area contributed by atoms with Crippen LogP contribution in [0.25, 0.3) is 0 Å². The van der Waals surface area contributed by atoms with Crippen LogP contribution in [0.1, 0.15) is 10.4 Å². The van der Waals surface area contributed by atoms with Crippen LogP contribution in [0.4, 0.5) is 5.69 Å². The number of ether oxygens (including phenoxy) is 2. The smallest absolute Gasteiger partial charge is 0.258 e. The Balaban J connectivity index is 2.20. The summed E-state index contributed by atoms with van der Waals surface area (Å²) in [6, 6.07) is 8.30. The van der Waals surface area contributed by atoms with Gasteiger partial charge in [-0.25, -0.2) is 4.98 Å². The van der Waals surface area contributed by atoms with Crippen molar-refractivity contribution in [2.75, 3.05) is 25.6 Å². The highest BCUT2D eigenvalue weighted by Gasteiger charge is 2.15. The van der Waals surface area contributed by atoms with Gasteiger partial charge in [0.1, 0.15) is 11.8 Å². The number of para-hydroxylation sites is 1. The highest BCUT2D eigenvalue weighted by Crippen LogP contribution is 2.33. The molecule has 0 radical (unpaired) electrons. The van der Waals surface area contributed by atoms with Gasteiger partial charge < -0.3 is 14.8 Å². The van der Waals surface area contributed by atoms with E-state index in [9.17, 15) is 4.79 Å². The Morgan fingerprint density at radius 1 is 1.23 bits per heavy atom. The highest BCUT2D eigenvalue weighted by atomic mass is 35.5. The van der Waals surface area contributed by atoms with Crippen LogP contribution in [0.2, 0.25) is 10.2 Å². The molecule has 0 saturated heterocycles. The van der Waals surface area contributed by atoms with E-state index in [-0.39, 0.29) is 10.7 Å². The van der Waals surface area contributed by atoms with Crippen LogP contribution in [0.3, 0.4) is 0 Å². The molecular formula is C15H14Cl2N2O3. The van der Waals surface area contributed by atoms with Gasteiger partial charge in [-0.2, -0.15) is 0 Å². The van der Waals surface area contributed by atoms with Gasteiger partial charge in [-0.3, -0.25) is 4.79 Å². The van der Waals surface area contributed by atoms with Crippen molar-refractivity contribution >= 4 is 34.8 Å².